The minimum absolute atomic E-state index is 0.132. The molecule has 0 aliphatic heterocycles. The van der Waals surface area contributed by atoms with Crippen LogP contribution in [0.25, 0.3) is 0 Å². The van der Waals surface area contributed by atoms with E-state index in [1.807, 2.05) is 0 Å². The maximum absolute atomic E-state index is 12.1. The minimum Gasteiger partial charge on any atom is -0.478 e. The van der Waals surface area contributed by atoms with Crippen molar-refractivity contribution in [2.45, 2.75) is 19.5 Å². The molecule has 0 radical (unpaired) electrons. The molecule has 2 aromatic rings. The number of hydrogen-bond donors (Lipinski definition) is 3. The van der Waals surface area contributed by atoms with Gasteiger partial charge in [0.25, 0.3) is 5.69 Å². The fourth-order valence-corrected chi connectivity index (χ4v) is 1.97. The molecule has 0 bridgehead atoms. The predicted octanol–water partition coefficient (Wildman–Crippen LogP) is 1.80. The van der Waals surface area contributed by atoms with Gasteiger partial charge in [-0.2, -0.15) is 0 Å². The average Bonchev–Trinajstić information content (AvgIpc) is 2.60. The molecule has 1 heterocycles. The summed E-state index contributed by atoms with van der Waals surface area (Å²) in [6.07, 6.45) is 1.11. The van der Waals surface area contributed by atoms with E-state index in [9.17, 15) is 19.7 Å². The summed E-state index contributed by atoms with van der Waals surface area (Å²) in [7, 11) is 0. The fraction of sp³-hybridized carbons (Fsp3) is 0.188. The number of rotatable bonds is 7. The molecule has 1 aromatic heterocycles. The van der Waals surface area contributed by atoms with Crippen molar-refractivity contribution >= 4 is 23.4 Å². The lowest BCUT2D eigenvalue weighted by Crippen LogP contribution is -2.37. The van der Waals surface area contributed by atoms with Gasteiger partial charge in [-0.05, 0) is 30.7 Å². The average molecular weight is 344 g/mol. The Morgan fingerprint density at radius 2 is 1.92 bits per heavy atom. The first-order valence-electron chi connectivity index (χ1n) is 7.33. The van der Waals surface area contributed by atoms with E-state index in [1.54, 1.807) is 19.1 Å². The summed E-state index contributed by atoms with van der Waals surface area (Å²) in [5, 5.41) is 25.0. The van der Waals surface area contributed by atoms with Gasteiger partial charge in [-0.3, -0.25) is 14.9 Å². The smallest absolute Gasteiger partial charge is 0.335 e. The molecule has 0 saturated carbocycles. The summed E-state index contributed by atoms with van der Waals surface area (Å²) in [6.45, 7) is 1.88. The summed E-state index contributed by atoms with van der Waals surface area (Å²) >= 11 is 0. The number of nitrogens with one attached hydrogen (secondary N) is 2. The molecule has 0 fully saturated rings. The number of aromatic carboxylic acids is 1. The van der Waals surface area contributed by atoms with Gasteiger partial charge in [0.1, 0.15) is 18.1 Å². The van der Waals surface area contributed by atoms with Gasteiger partial charge in [0.05, 0.1) is 10.5 Å². The van der Waals surface area contributed by atoms with Gasteiger partial charge < -0.3 is 15.7 Å². The number of carboxylic acids is 1. The molecule has 3 N–H and O–H groups in total. The van der Waals surface area contributed by atoms with Gasteiger partial charge in [0.15, 0.2) is 0 Å². The maximum Gasteiger partial charge on any atom is 0.335 e. The summed E-state index contributed by atoms with van der Waals surface area (Å²) < 4.78 is 0. The molecule has 130 valence electrons. The number of carbonyl (C=O) groups is 2. The third-order valence-corrected chi connectivity index (χ3v) is 3.38. The van der Waals surface area contributed by atoms with Crippen LogP contribution in [0.2, 0.25) is 0 Å². The van der Waals surface area contributed by atoms with Gasteiger partial charge in [-0.15, -0.1) is 0 Å². The van der Waals surface area contributed by atoms with E-state index in [-0.39, 0.29) is 23.7 Å². The van der Waals surface area contributed by atoms with E-state index in [2.05, 4.69) is 15.6 Å². The number of benzene rings is 1. The topological polar surface area (TPSA) is 134 Å². The molecule has 9 heteroatoms. The number of nitrogens with zero attached hydrogens (tertiary/aromatic N) is 2. The van der Waals surface area contributed by atoms with E-state index < -0.39 is 16.9 Å². The molecule has 0 aliphatic rings. The molecule has 1 unspecified atom stereocenters. The second-order valence-electron chi connectivity index (χ2n) is 5.24. The van der Waals surface area contributed by atoms with Crippen LogP contribution >= 0.6 is 0 Å². The Morgan fingerprint density at radius 1 is 1.24 bits per heavy atom. The number of amides is 1. The molecule has 0 saturated heterocycles. The van der Waals surface area contributed by atoms with Crippen molar-refractivity contribution < 1.29 is 19.6 Å². The number of carboxylic acid groups (broad SMARTS) is 1. The third-order valence-electron chi connectivity index (χ3n) is 3.38. The molecule has 1 amide bonds. The lowest BCUT2D eigenvalue weighted by molar-refractivity contribution is -0.385. The van der Waals surface area contributed by atoms with Crippen LogP contribution in [0.3, 0.4) is 0 Å². The van der Waals surface area contributed by atoms with E-state index in [0.29, 0.717) is 5.82 Å². The van der Waals surface area contributed by atoms with Crippen LogP contribution in [0.4, 0.5) is 11.5 Å². The zero-order valence-corrected chi connectivity index (χ0v) is 13.3. The summed E-state index contributed by atoms with van der Waals surface area (Å²) in [6, 6.07) is 8.29. The van der Waals surface area contributed by atoms with Crippen molar-refractivity contribution in [1.29, 1.82) is 0 Å². The van der Waals surface area contributed by atoms with Gasteiger partial charge >= 0.3 is 5.97 Å². The Balaban J connectivity index is 1.87. The third kappa shape index (κ3) is 4.99. The lowest BCUT2D eigenvalue weighted by atomic mass is 10.1. The Morgan fingerprint density at radius 3 is 2.44 bits per heavy atom. The lowest BCUT2D eigenvalue weighted by Gasteiger charge is -2.14. The number of pyridine rings is 1. The Bertz CT molecular complexity index is 774. The number of anilines is 1. The molecule has 2 rings (SSSR count). The van der Waals surface area contributed by atoms with Crippen LogP contribution in [-0.2, 0) is 11.3 Å². The van der Waals surface area contributed by atoms with Gasteiger partial charge in [0, 0.05) is 12.6 Å². The number of carbonyl (C=O) groups excluding carboxylic acids is 1. The van der Waals surface area contributed by atoms with Gasteiger partial charge in [0.2, 0.25) is 5.91 Å². The van der Waals surface area contributed by atoms with Crippen LogP contribution in [0.15, 0.2) is 42.6 Å². The molecule has 0 spiro atoms. The van der Waals surface area contributed by atoms with Crippen molar-refractivity contribution in [2.75, 3.05) is 5.32 Å². The van der Waals surface area contributed by atoms with Crippen molar-refractivity contribution in [3.05, 3.63) is 63.8 Å². The normalized spacial score (nSPS) is 11.4. The SMILES string of the molecule is CC(Nc1ccc([N+](=O)[O-])cn1)C(=O)NCc1ccc(C(=O)O)cc1. The maximum atomic E-state index is 12.1. The Hall–Kier alpha value is -3.49. The molecular weight excluding hydrogens is 328 g/mol. The Kier molecular flexibility index (Phi) is 5.62. The number of aromatic nitrogens is 1. The largest absolute Gasteiger partial charge is 0.478 e. The van der Waals surface area contributed by atoms with Gasteiger partial charge in [-0.1, -0.05) is 12.1 Å². The molecule has 0 aliphatic carbocycles. The minimum atomic E-state index is -1.01. The zero-order valence-electron chi connectivity index (χ0n) is 13.3. The highest BCUT2D eigenvalue weighted by molar-refractivity contribution is 5.87. The quantitative estimate of drug-likeness (QED) is 0.515. The first kappa shape index (κ1) is 17.9. The van der Waals surface area contributed by atoms with E-state index in [1.165, 1.54) is 24.3 Å². The van der Waals surface area contributed by atoms with E-state index in [4.69, 9.17) is 5.11 Å². The summed E-state index contributed by atoms with van der Waals surface area (Å²) in [4.78, 5) is 36.7. The first-order valence-corrected chi connectivity index (χ1v) is 7.33. The molecule has 9 nitrogen and oxygen atoms in total. The molecule has 1 atom stereocenters. The highest BCUT2D eigenvalue weighted by Gasteiger charge is 2.14. The number of nitro groups is 1. The fourth-order valence-electron chi connectivity index (χ4n) is 1.97. The zero-order chi connectivity index (χ0) is 18.4. The summed E-state index contributed by atoms with van der Waals surface area (Å²) in [5.74, 6) is -0.953. The van der Waals surface area contributed by atoms with Crippen LogP contribution in [0.1, 0.15) is 22.8 Å². The van der Waals surface area contributed by atoms with Crippen molar-refractivity contribution in [3.8, 4) is 0 Å². The van der Waals surface area contributed by atoms with Crippen molar-refractivity contribution in [2.24, 2.45) is 0 Å². The van der Waals surface area contributed by atoms with Crippen LogP contribution in [0, 0.1) is 10.1 Å². The monoisotopic (exact) mass is 344 g/mol. The highest BCUT2D eigenvalue weighted by atomic mass is 16.6. The highest BCUT2D eigenvalue weighted by Crippen LogP contribution is 2.12. The van der Waals surface area contributed by atoms with Crippen molar-refractivity contribution in [1.82, 2.24) is 10.3 Å². The standard InChI is InChI=1S/C16H16N4O5/c1-10(19-14-7-6-13(9-17-14)20(24)25)15(21)18-8-11-2-4-12(5-3-11)16(22)23/h2-7,9-10H,8H2,1H3,(H,17,19)(H,18,21)(H,22,23). The second kappa shape index (κ2) is 7.86. The Labute approximate surface area is 142 Å². The van der Waals surface area contributed by atoms with Crippen molar-refractivity contribution in [3.63, 3.8) is 0 Å². The van der Waals surface area contributed by atoms with E-state index >= 15 is 0 Å². The molecule has 1 aromatic carbocycles. The first-order chi connectivity index (χ1) is 11.9. The molecular formula is C16H16N4O5. The van der Waals surface area contributed by atoms with E-state index in [0.717, 1.165) is 11.8 Å². The van der Waals surface area contributed by atoms with Gasteiger partial charge in [-0.25, -0.2) is 9.78 Å². The summed E-state index contributed by atoms with van der Waals surface area (Å²) in [5.41, 5.74) is 0.806. The van der Waals surface area contributed by atoms with Crippen LogP contribution < -0.4 is 10.6 Å². The van der Waals surface area contributed by atoms with Crippen LogP contribution in [-0.4, -0.2) is 32.9 Å². The second-order valence-corrected chi connectivity index (χ2v) is 5.24. The number of hydrogen-bond acceptors (Lipinski definition) is 6. The predicted molar refractivity (Wildman–Crippen MR) is 89.2 cm³/mol. The molecule has 25 heavy (non-hydrogen) atoms. The van der Waals surface area contributed by atoms with Crippen LogP contribution in [0.5, 0.6) is 0 Å².